The van der Waals surface area contributed by atoms with Gasteiger partial charge in [0.1, 0.15) is 0 Å². The highest BCUT2D eigenvalue weighted by Gasteiger charge is 2.47. The highest BCUT2D eigenvalue weighted by molar-refractivity contribution is 5.01. The summed E-state index contributed by atoms with van der Waals surface area (Å²) in [4.78, 5) is 0. The van der Waals surface area contributed by atoms with E-state index in [2.05, 4.69) is 12.4 Å². The minimum absolute atomic E-state index is 0.855. The topological polar surface area (TPSA) is 12.0 Å². The van der Waals surface area contributed by atoms with E-state index in [0.717, 1.165) is 11.5 Å². The van der Waals surface area contributed by atoms with E-state index in [4.69, 9.17) is 0 Å². The molecule has 2 aliphatic rings. The third-order valence-corrected chi connectivity index (χ3v) is 3.18. The minimum atomic E-state index is 0.855. The van der Waals surface area contributed by atoms with Crippen molar-refractivity contribution in [1.29, 1.82) is 0 Å². The quantitative estimate of drug-likeness (QED) is 0.560. The summed E-state index contributed by atoms with van der Waals surface area (Å²) in [5.74, 6) is 0. The van der Waals surface area contributed by atoms with Gasteiger partial charge in [-0.3, -0.25) is 0 Å². The molecule has 1 nitrogen and oxygen atoms in total. The molecular formula is C8H15N. The Balaban J connectivity index is 1.82. The molecule has 2 aliphatic carbocycles. The van der Waals surface area contributed by atoms with Crippen molar-refractivity contribution in [2.75, 3.05) is 7.05 Å². The molecular weight excluding hydrogens is 110 g/mol. The van der Waals surface area contributed by atoms with Crippen LogP contribution in [0.1, 0.15) is 32.1 Å². The van der Waals surface area contributed by atoms with E-state index in [-0.39, 0.29) is 0 Å². The highest BCUT2D eigenvalue weighted by Crippen LogP contribution is 2.55. The lowest BCUT2D eigenvalue weighted by Crippen LogP contribution is -2.51. The molecule has 52 valence electrons. The Labute approximate surface area is 56.8 Å². The second kappa shape index (κ2) is 1.72. The van der Waals surface area contributed by atoms with Gasteiger partial charge in [-0.15, -0.1) is 0 Å². The lowest BCUT2D eigenvalue weighted by atomic mass is 9.54. The molecule has 0 bridgehead atoms. The number of hydrogen-bond acceptors (Lipinski definition) is 1. The van der Waals surface area contributed by atoms with Crippen molar-refractivity contribution in [1.82, 2.24) is 5.32 Å². The molecule has 0 radical (unpaired) electrons. The molecule has 0 aliphatic heterocycles. The zero-order valence-corrected chi connectivity index (χ0v) is 6.11. The van der Waals surface area contributed by atoms with Crippen molar-refractivity contribution < 1.29 is 0 Å². The lowest BCUT2D eigenvalue weighted by Gasteiger charge is -2.54. The Bertz CT molecular complexity index is 108. The van der Waals surface area contributed by atoms with Crippen LogP contribution in [0.15, 0.2) is 0 Å². The summed E-state index contributed by atoms with van der Waals surface area (Å²) in [6.45, 7) is 0. The van der Waals surface area contributed by atoms with Crippen LogP contribution in [0.2, 0.25) is 0 Å². The molecule has 9 heavy (non-hydrogen) atoms. The molecule has 2 saturated carbocycles. The summed E-state index contributed by atoms with van der Waals surface area (Å²) in [5.41, 5.74) is 0.855. The first-order chi connectivity index (χ1) is 4.35. The molecule has 0 atom stereocenters. The third-order valence-electron chi connectivity index (χ3n) is 3.18. The Morgan fingerprint density at radius 3 is 2.33 bits per heavy atom. The van der Waals surface area contributed by atoms with Gasteiger partial charge in [0.05, 0.1) is 0 Å². The van der Waals surface area contributed by atoms with Crippen LogP contribution in [0.25, 0.3) is 0 Å². The molecule has 0 unspecified atom stereocenters. The molecule has 0 amide bonds. The van der Waals surface area contributed by atoms with E-state index >= 15 is 0 Å². The van der Waals surface area contributed by atoms with Crippen molar-refractivity contribution in [3.8, 4) is 0 Å². The first-order valence-corrected chi connectivity index (χ1v) is 4.02. The molecule has 1 heteroatoms. The first kappa shape index (κ1) is 5.72. The molecule has 2 fully saturated rings. The average Bonchev–Trinajstić information content (AvgIpc) is 1.59. The Kier molecular flexibility index (Phi) is 1.10. The van der Waals surface area contributed by atoms with E-state index < -0.39 is 0 Å². The summed E-state index contributed by atoms with van der Waals surface area (Å²) in [6.07, 6.45) is 7.46. The van der Waals surface area contributed by atoms with Crippen LogP contribution in [0.3, 0.4) is 0 Å². The second-order valence-electron chi connectivity index (χ2n) is 3.75. The molecule has 1 N–H and O–H groups in total. The number of nitrogens with one attached hydrogen (secondary N) is 1. The fraction of sp³-hybridized carbons (Fsp3) is 1.00. The van der Waals surface area contributed by atoms with Crippen LogP contribution in [-0.4, -0.2) is 13.1 Å². The fourth-order valence-corrected chi connectivity index (χ4v) is 2.27. The Morgan fingerprint density at radius 1 is 1.33 bits per heavy atom. The predicted octanol–water partition coefficient (Wildman–Crippen LogP) is 1.54. The predicted molar refractivity (Wildman–Crippen MR) is 38.4 cm³/mol. The molecule has 1 spiro atoms. The van der Waals surface area contributed by atoms with Gasteiger partial charge in [-0.2, -0.15) is 0 Å². The standard InChI is InChI=1S/C8H15N/c1-9-7-5-8(6-7)3-2-4-8/h7,9H,2-6H2,1H3. The van der Waals surface area contributed by atoms with Gasteiger partial charge in [-0.25, -0.2) is 0 Å². The molecule has 0 aromatic carbocycles. The van der Waals surface area contributed by atoms with E-state index in [0.29, 0.717) is 0 Å². The summed E-state index contributed by atoms with van der Waals surface area (Å²) < 4.78 is 0. The zero-order valence-electron chi connectivity index (χ0n) is 6.11. The molecule has 2 rings (SSSR count). The maximum atomic E-state index is 3.32. The van der Waals surface area contributed by atoms with Crippen molar-refractivity contribution in [2.45, 2.75) is 38.1 Å². The summed E-state index contributed by atoms with van der Waals surface area (Å²) in [7, 11) is 2.08. The molecule has 0 aromatic rings. The van der Waals surface area contributed by atoms with Crippen molar-refractivity contribution in [2.24, 2.45) is 5.41 Å². The van der Waals surface area contributed by atoms with Gasteiger partial charge < -0.3 is 5.32 Å². The number of hydrogen-bond donors (Lipinski definition) is 1. The van der Waals surface area contributed by atoms with Crippen LogP contribution in [0.4, 0.5) is 0 Å². The maximum absolute atomic E-state index is 3.32. The zero-order chi connectivity index (χ0) is 6.32. The largest absolute Gasteiger partial charge is 0.317 e. The van der Waals surface area contributed by atoms with Crippen LogP contribution in [0.5, 0.6) is 0 Å². The summed E-state index contributed by atoms with van der Waals surface area (Å²) in [6, 6.07) is 0.866. The fourth-order valence-electron chi connectivity index (χ4n) is 2.27. The van der Waals surface area contributed by atoms with E-state index in [9.17, 15) is 0 Å². The lowest BCUT2D eigenvalue weighted by molar-refractivity contribution is 0.000771. The van der Waals surface area contributed by atoms with Crippen LogP contribution in [0, 0.1) is 5.41 Å². The molecule has 0 saturated heterocycles. The summed E-state index contributed by atoms with van der Waals surface area (Å²) in [5, 5.41) is 3.32. The van der Waals surface area contributed by atoms with Gasteiger partial charge in [-0.1, -0.05) is 6.42 Å². The minimum Gasteiger partial charge on any atom is -0.317 e. The smallest absolute Gasteiger partial charge is 0.00746 e. The van der Waals surface area contributed by atoms with Crippen molar-refractivity contribution in [3.05, 3.63) is 0 Å². The SMILES string of the molecule is CNC1CC2(CCC2)C1. The third kappa shape index (κ3) is 0.710. The van der Waals surface area contributed by atoms with Gasteiger partial charge in [0.15, 0.2) is 0 Å². The van der Waals surface area contributed by atoms with E-state index in [1.165, 1.54) is 32.1 Å². The normalized spacial score (nSPS) is 31.7. The van der Waals surface area contributed by atoms with Gasteiger partial charge in [0, 0.05) is 6.04 Å². The highest BCUT2D eigenvalue weighted by atomic mass is 14.9. The van der Waals surface area contributed by atoms with Crippen molar-refractivity contribution >= 4 is 0 Å². The van der Waals surface area contributed by atoms with Crippen molar-refractivity contribution in [3.63, 3.8) is 0 Å². The monoisotopic (exact) mass is 125 g/mol. The number of rotatable bonds is 1. The Hall–Kier alpha value is -0.0400. The average molecular weight is 125 g/mol. The molecule has 0 heterocycles. The maximum Gasteiger partial charge on any atom is 0.00746 e. The molecule has 0 aromatic heterocycles. The first-order valence-electron chi connectivity index (χ1n) is 4.02. The van der Waals surface area contributed by atoms with Gasteiger partial charge in [0.2, 0.25) is 0 Å². The van der Waals surface area contributed by atoms with Gasteiger partial charge in [0.25, 0.3) is 0 Å². The van der Waals surface area contributed by atoms with Gasteiger partial charge in [-0.05, 0) is 38.1 Å². The van der Waals surface area contributed by atoms with Crippen LogP contribution >= 0.6 is 0 Å². The van der Waals surface area contributed by atoms with Gasteiger partial charge >= 0.3 is 0 Å². The second-order valence-corrected chi connectivity index (χ2v) is 3.75. The van der Waals surface area contributed by atoms with E-state index in [1.807, 2.05) is 0 Å². The van der Waals surface area contributed by atoms with Crippen LogP contribution in [-0.2, 0) is 0 Å². The van der Waals surface area contributed by atoms with Crippen LogP contribution < -0.4 is 5.32 Å². The Morgan fingerprint density at radius 2 is 2.00 bits per heavy atom. The van der Waals surface area contributed by atoms with E-state index in [1.54, 1.807) is 0 Å². The summed E-state index contributed by atoms with van der Waals surface area (Å²) >= 11 is 0.